The van der Waals surface area contributed by atoms with Gasteiger partial charge in [-0.05, 0) is 62.2 Å². The van der Waals surface area contributed by atoms with Gasteiger partial charge in [0.1, 0.15) is 5.75 Å². The molecule has 38 heavy (non-hydrogen) atoms. The monoisotopic (exact) mass is 529 g/mol. The molecule has 0 bridgehead atoms. The minimum Gasteiger partial charge on any atom is -0.496 e. The van der Waals surface area contributed by atoms with Gasteiger partial charge >= 0.3 is 0 Å². The molecule has 0 aliphatic carbocycles. The highest BCUT2D eigenvalue weighted by molar-refractivity contribution is 7.07. The van der Waals surface area contributed by atoms with Gasteiger partial charge in [0, 0.05) is 41.9 Å². The van der Waals surface area contributed by atoms with E-state index in [-0.39, 0.29) is 11.3 Å². The predicted molar refractivity (Wildman–Crippen MR) is 151 cm³/mol. The number of carbonyl (C=O) groups is 1. The highest BCUT2D eigenvalue weighted by Gasteiger charge is 2.33. The maximum Gasteiger partial charge on any atom is 0.271 e. The average Bonchev–Trinajstić information content (AvgIpc) is 3.34. The molecule has 5 rings (SSSR count). The van der Waals surface area contributed by atoms with E-state index >= 15 is 0 Å². The second-order valence-corrected chi connectivity index (χ2v) is 10.5. The topological polar surface area (TPSA) is 74.8 Å². The van der Waals surface area contributed by atoms with E-state index in [0.29, 0.717) is 33.0 Å². The van der Waals surface area contributed by atoms with Crippen molar-refractivity contribution in [3.05, 3.63) is 95.9 Å². The van der Waals surface area contributed by atoms with E-state index in [2.05, 4.69) is 17.6 Å². The van der Waals surface area contributed by atoms with Crippen LogP contribution in [0.4, 0.5) is 0 Å². The van der Waals surface area contributed by atoms with Crippen LogP contribution in [-0.2, 0) is 16.1 Å². The van der Waals surface area contributed by atoms with Crippen LogP contribution in [0.3, 0.4) is 0 Å². The number of carbonyl (C=O) groups excluding carboxylic acids is 1. The quantitative estimate of drug-likeness (QED) is 0.362. The second-order valence-electron chi connectivity index (χ2n) is 9.51. The number of rotatable bonds is 7. The lowest BCUT2D eigenvalue weighted by Gasteiger charge is -2.27. The third kappa shape index (κ3) is 4.23. The number of ether oxygens (including phenoxy) is 2. The third-order valence-electron chi connectivity index (χ3n) is 7.24. The van der Waals surface area contributed by atoms with Crippen molar-refractivity contribution in [3.63, 3.8) is 0 Å². The molecule has 0 spiro atoms. The van der Waals surface area contributed by atoms with Gasteiger partial charge < -0.3 is 14.0 Å². The molecule has 196 valence electrons. The molecule has 1 atom stereocenters. The molecule has 0 radical (unpaired) electrons. The molecular weight excluding hydrogens is 498 g/mol. The number of methoxy groups -OCH3 is 2. The van der Waals surface area contributed by atoms with Gasteiger partial charge in [-0.1, -0.05) is 41.7 Å². The number of allylic oxidation sites excluding steroid dienone is 2. The van der Waals surface area contributed by atoms with Crippen LogP contribution in [-0.4, -0.2) is 35.7 Å². The second kappa shape index (κ2) is 10.2. The molecule has 8 heteroatoms. The zero-order chi connectivity index (χ0) is 27.1. The molecule has 0 unspecified atom stereocenters. The fraction of sp³-hybridized carbons (Fsp3) is 0.300. The largest absolute Gasteiger partial charge is 0.496 e. The fourth-order valence-corrected chi connectivity index (χ4v) is 6.46. The first-order chi connectivity index (χ1) is 18.3. The summed E-state index contributed by atoms with van der Waals surface area (Å²) in [6.07, 6.45) is 1.93. The smallest absolute Gasteiger partial charge is 0.271 e. The number of thiazole rings is 1. The zero-order valence-corrected chi connectivity index (χ0v) is 23.3. The summed E-state index contributed by atoms with van der Waals surface area (Å²) in [5, 5.41) is 1.94. The SMILES string of the molecule is COCCn1c(C)cc(C=c2sc3n(c2=O)[C@H](c2c(OC)ccc4ccccc24)C(C(C)=O)=C(C)N=3)c1C. The summed E-state index contributed by atoms with van der Waals surface area (Å²) in [4.78, 5) is 32.4. The van der Waals surface area contributed by atoms with E-state index in [4.69, 9.17) is 14.5 Å². The predicted octanol–water partition coefficient (Wildman–Crippen LogP) is 4.05. The number of aryl methyl sites for hydroxylation is 1. The summed E-state index contributed by atoms with van der Waals surface area (Å²) in [5.74, 6) is 0.501. The minimum absolute atomic E-state index is 0.123. The third-order valence-corrected chi connectivity index (χ3v) is 8.23. The maximum atomic E-state index is 14.1. The Kier molecular flexibility index (Phi) is 6.94. The summed E-state index contributed by atoms with van der Waals surface area (Å²) in [5.41, 5.74) is 4.87. The molecule has 0 N–H and O–H groups in total. The van der Waals surface area contributed by atoms with Gasteiger partial charge in [0.25, 0.3) is 5.56 Å². The van der Waals surface area contributed by atoms with Gasteiger partial charge in [-0.3, -0.25) is 14.2 Å². The van der Waals surface area contributed by atoms with Gasteiger partial charge in [0.15, 0.2) is 10.6 Å². The lowest BCUT2D eigenvalue weighted by atomic mass is 9.89. The normalized spacial score (nSPS) is 15.6. The Morgan fingerprint density at radius 1 is 1.13 bits per heavy atom. The Bertz CT molecular complexity index is 1790. The van der Waals surface area contributed by atoms with Crippen molar-refractivity contribution in [2.24, 2.45) is 4.99 Å². The number of benzene rings is 2. The van der Waals surface area contributed by atoms with Gasteiger partial charge in [0.05, 0.1) is 24.3 Å². The van der Waals surface area contributed by atoms with Gasteiger partial charge in [-0.15, -0.1) is 0 Å². The van der Waals surface area contributed by atoms with Crippen molar-refractivity contribution < 1.29 is 14.3 Å². The number of Topliss-reactive ketones (excluding diaryl/α,β-unsaturated/α-hetero) is 1. The van der Waals surface area contributed by atoms with Crippen molar-refractivity contribution in [1.82, 2.24) is 9.13 Å². The van der Waals surface area contributed by atoms with Crippen LogP contribution in [0.15, 0.2) is 63.5 Å². The van der Waals surface area contributed by atoms with Crippen molar-refractivity contribution >= 4 is 34.0 Å². The van der Waals surface area contributed by atoms with Crippen molar-refractivity contribution in [2.75, 3.05) is 20.8 Å². The van der Waals surface area contributed by atoms with Gasteiger partial charge in [-0.25, -0.2) is 4.99 Å². The summed E-state index contributed by atoms with van der Waals surface area (Å²) in [7, 11) is 3.30. The first kappa shape index (κ1) is 25.9. The van der Waals surface area contributed by atoms with E-state index in [1.807, 2.05) is 56.3 Å². The average molecular weight is 530 g/mol. The number of nitrogens with zero attached hydrogens (tertiary/aromatic N) is 3. The van der Waals surface area contributed by atoms with Crippen LogP contribution in [0.1, 0.15) is 42.4 Å². The molecule has 2 aromatic carbocycles. The zero-order valence-electron chi connectivity index (χ0n) is 22.5. The standard InChI is InChI=1S/C30H31N3O4S/c1-17-15-22(19(3)32(17)13-14-36-5)16-25-29(35)33-28(26(20(4)34)18(2)31-30(33)38-25)27-23-10-8-7-9-21(23)11-12-24(27)37-6/h7-12,15-16,28H,13-14H2,1-6H3/t28-/m0/s1. The van der Waals surface area contributed by atoms with E-state index in [1.54, 1.807) is 18.8 Å². The highest BCUT2D eigenvalue weighted by Crippen LogP contribution is 2.40. The minimum atomic E-state index is -0.652. The number of ketones is 1. The molecule has 0 saturated heterocycles. The Morgan fingerprint density at radius 2 is 1.89 bits per heavy atom. The molecule has 0 saturated carbocycles. The van der Waals surface area contributed by atoms with Crippen LogP contribution in [0.2, 0.25) is 0 Å². The van der Waals surface area contributed by atoms with E-state index in [0.717, 1.165) is 39.8 Å². The molecule has 0 fully saturated rings. The van der Waals surface area contributed by atoms with Gasteiger partial charge in [-0.2, -0.15) is 0 Å². The van der Waals surface area contributed by atoms with Crippen molar-refractivity contribution in [1.29, 1.82) is 0 Å². The number of fused-ring (bicyclic) bond motifs is 2. The highest BCUT2D eigenvalue weighted by atomic mass is 32.1. The molecule has 7 nitrogen and oxygen atoms in total. The first-order valence-electron chi connectivity index (χ1n) is 12.5. The number of aromatic nitrogens is 2. The fourth-order valence-electron chi connectivity index (χ4n) is 5.42. The Balaban J connectivity index is 1.79. The van der Waals surface area contributed by atoms with E-state index in [9.17, 15) is 9.59 Å². The van der Waals surface area contributed by atoms with Crippen LogP contribution in [0, 0.1) is 13.8 Å². The molecule has 4 aromatic rings. The van der Waals surface area contributed by atoms with Crippen molar-refractivity contribution in [3.8, 4) is 5.75 Å². The van der Waals surface area contributed by atoms with Crippen LogP contribution in [0.5, 0.6) is 5.75 Å². The van der Waals surface area contributed by atoms with Crippen LogP contribution < -0.4 is 19.6 Å². The molecule has 1 aliphatic rings. The lowest BCUT2D eigenvalue weighted by Crippen LogP contribution is -2.39. The maximum absolute atomic E-state index is 14.1. The summed E-state index contributed by atoms with van der Waals surface area (Å²) >= 11 is 1.34. The molecular formula is C30H31N3O4S. The summed E-state index contributed by atoms with van der Waals surface area (Å²) in [6, 6.07) is 13.3. The lowest BCUT2D eigenvalue weighted by molar-refractivity contribution is -0.114. The van der Waals surface area contributed by atoms with Crippen molar-refractivity contribution in [2.45, 2.75) is 40.3 Å². The molecule has 3 heterocycles. The Morgan fingerprint density at radius 3 is 2.61 bits per heavy atom. The molecule has 1 aliphatic heterocycles. The first-order valence-corrected chi connectivity index (χ1v) is 13.3. The Hall–Kier alpha value is -3.75. The summed E-state index contributed by atoms with van der Waals surface area (Å²) < 4.78 is 15.5. The Labute approximate surface area is 225 Å². The van der Waals surface area contributed by atoms with Crippen LogP contribution in [0.25, 0.3) is 16.8 Å². The van der Waals surface area contributed by atoms with E-state index in [1.165, 1.54) is 18.3 Å². The molecule has 0 amide bonds. The number of hydrogen-bond acceptors (Lipinski definition) is 6. The van der Waals surface area contributed by atoms with Crippen LogP contribution >= 0.6 is 11.3 Å². The molecule has 2 aromatic heterocycles. The van der Waals surface area contributed by atoms with Gasteiger partial charge in [0.2, 0.25) is 0 Å². The summed E-state index contributed by atoms with van der Waals surface area (Å²) in [6.45, 7) is 8.82. The van der Waals surface area contributed by atoms with E-state index < -0.39 is 6.04 Å². The number of hydrogen-bond donors (Lipinski definition) is 0.